The summed E-state index contributed by atoms with van der Waals surface area (Å²) in [6.45, 7) is 0.993. The van der Waals surface area contributed by atoms with E-state index in [2.05, 4.69) is 5.32 Å². The van der Waals surface area contributed by atoms with Gasteiger partial charge in [-0.3, -0.25) is 4.79 Å². The first-order valence-electron chi connectivity index (χ1n) is 6.08. The molecule has 3 N–H and O–H groups in total. The molecule has 1 saturated heterocycles. The predicted molar refractivity (Wildman–Crippen MR) is 70.8 cm³/mol. The molecule has 1 atom stereocenters. The summed E-state index contributed by atoms with van der Waals surface area (Å²) in [5, 5.41) is 3.09. The number of carbonyl (C=O) groups is 1. The highest BCUT2D eigenvalue weighted by atomic mass is 32.2. The monoisotopic (exact) mass is 283 g/mol. The lowest BCUT2D eigenvalue weighted by atomic mass is 10.2. The van der Waals surface area contributed by atoms with E-state index in [1.165, 1.54) is 16.4 Å². The van der Waals surface area contributed by atoms with Gasteiger partial charge in [-0.15, -0.1) is 0 Å². The largest absolute Gasteiger partial charge is 0.369 e. The summed E-state index contributed by atoms with van der Waals surface area (Å²) < 4.78 is 26.3. The van der Waals surface area contributed by atoms with Gasteiger partial charge in [-0.1, -0.05) is 18.2 Å². The van der Waals surface area contributed by atoms with Gasteiger partial charge in [-0.25, -0.2) is 8.42 Å². The van der Waals surface area contributed by atoms with E-state index in [-0.39, 0.29) is 17.5 Å². The molecule has 7 heteroatoms. The fourth-order valence-electron chi connectivity index (χ4n) is 2.18. The number of hydrogen-bond donors (Lipinski definition) is 2. The van der Waals surface area contributed by atoms with Crippen LogP contribution < -0.4 is 11.1 Å². The third kappa shape index (κ3) is 3.12. The second-order valence-corrected chi connectivity index (χ2v) is 6.37. The fraction of sp³-hybridized carbons (Fsp3) is 0.417. The van der Waals surface area contributed by atoms with E-state index in [0.717, 1.165) is 6.54 Å². The van der Waals surface area contributed by atoms with E-state index in [1.807, 2.05) is 0 Å². The summed E-state index contributed by atoms with van der Waals surface area (Å²) in [6.07, 6.45) is 0.680. The number of sulfonamides is 1. The average molecular weight is 283 g/mol. The maximum atomic E-state index is 12.5. The van der Waals surface area contributed by atoms with Gasteiger partial charge in [-0.2, -0.15) is 4.31 Å². The molecule has 0 aliphatic carbocycles. The van der Waals surface area contributed by atoms with E-state index in [0.29, 0.717) is 13.0 Å². The van der Waals surface area contributed by atoms with Gasteiger partial charge in [0.1, 0.15) is 0 Å². The predicted octanol–water partition coefficient (Wildman–Crippen LogP) is -0.475. The third-order valence-electron chi connectivity index (χ3n) is 3.10. The van der Waals surface area contributed by atoms with Crippen LogP contribution in [0.15, 0.2) is 35.2 Å². The van der Waals surface area contributed by atoms with Gasteiger partial charge in [0.25, 0.3) is 0 Å². The van der Waals surface area contributed by atoms with Gasteiger partial charge < -0.3 is 11.1 Å². The molecule has 0 spiro atoms. The number of nitrogens with zero attached hydrogens (tertiary/aromatic N) is 1. The van der Waals surface area contributed by atoms with Crippen LogP contribution in [0.2, 0.25) is 0 Å². The van der Waals surface area contributed by atoms with Crippen molar-refractivity contribution in [1.82, 2.24) is 9.62 Å². The third-order valence-corrected chi connectivity index (χ3v) is 5.02. The van der Waals surface area contributed by atoms with Gasteiger partial charge in [0.2, 0.25) is 15.9 Å². The quantitative estimate of drug-likeness (QED) is 0.763. The van der Waals surface area contributed by atoms with Gasteiger partial charge in [0.05, 0.1) is 11.4 Å². The lowest BCUT2D eigenvalue weighted by Crippen LogP contribution is -2.46. The van der Waals surface area contributed by atoms with Crippen molar-refractivity contribution in [3.05, 3.63) is 30.3 Å². The number of rotatable bonds is 5. The highest BCUT2D eigenvalue weighted by Crippen LogP contribution is 2.20. The van der Waals surface area contributed by atoms with Gasteiger partial charge >= 0.3 is 0 Å². The van der Waals surface area contributed by atoms with Crippen molar-refractivity contribution in [2.75, 3.05) is 19.6 Å². The summed E-state index contributed by atoms with van der Waals surface area (Å²) in [5.74, 6) is -0.647. The zero-order valence-electron chi connectivity index (χ0n) is 10.5. The molecule has 1 unspecified atom stereocenters. The molecular formula is C12H17N3O3S. The minimum Gasteiger partial charge on any atom is -0.369 e. The van der Waals surface area contributed by atoms with Crippen molar-refractivity contribution < 1.29 is 13.2 Å². The van der Waals surface area contributed by atoms with Crippen LogP contribution in [0.25, 0.3) is 0 Å². The standard InChI is InChI=1S/C12H17N3O3S/c13-12(16)9-15(10-6-7-14-8-10)19(17,18)11-4-2-1-3-5-11/h1-5,10,14H,6-9H2,(H2,13,16). The molecule has 6 nitrogen and oxygen atoms in total. The van der Waals surface area contributed by atoms with E-state index >= 15 is 0 Å². The molecule has 1 amide bonds. The second kappa shape index (κ2) is 5.68. The number of hydrogen-bond acceptors (Lipinski definition) is 4. The Labute approximate surface area is 112 Å². The van der Waals surface area contributed by atoms with Crippen molar-refractivity contribution in [2.24, 2.45) is 5.73 Å². The molecule has 1 aliphatic heterocycles. The van der Waals surface area contributed by atoms with Crippen LogP contribution in [0.4, 0.5) is 0 Å². The van der Waals surface area contributed by atoms with Crippen molar-refractivity contribution in [3.8, 4) is 0 Å². The smallest absolute Gasteiger partial charge is 0.243 e. The molecule has 1 heterocycles. The molecule has 19 heavy (non-hydrogen) atoms. The Balaban J connectivity index is 2.34. The van der Waals surface area contributed by atoms with Crippen LogP contribution in [0.5, 0.6) is 0 Å². The summed E-state index contributed by atoms with van der Waals surface area (Å²) in [4.78, 5) is 11.3. The highest BCUT2D eigenvalue weighted by molar-refractivity contribution is 7.89. The number of benzene rings is 1. The lowest BCUT2D eigenvalue weighted by Gasteiger charge is -2.26. The molecule has 2 rings (SSSR count). The molecule has 1 aliphatic rings. The Morgan fingerprint density at radius 1 is 1.37 bits per heavy atom. The summed E-state index contributed by atoms with van der Waals surface area (Å²) in [6, 6.07) is 7.87. The summed E-state index contributed by atoms with van der Waals surface area (Å²) >= 11 is 0. The molecule has 0 saturated carbocycles. The fourth-order valence-corrected chi connectivity index (χ4v) is 3.82. The van der Waals surface area contributed by atoms with Crippen molar-refractivity contribution >= 4 is 15.9 Å². The van der Waals surface area contributed by atoms with Crippen LogP contribution in [0.1, 0.15) is 6.42 Å². The molecule has 0 bridgehead atoms. The van der Waals surface area contributed by atoms with E-state index in [4.69, 9.17) is 5.73 Å². The first-order chi connectivity index (χ1) is 9.01. The zero-order chi connectivity index (χ0) is 13.9. The van der Waals surface area contributed by atoms with Crippen LogP contribution in [-0.4, -0.2) is 44.3 Å². The van der Waals surface area contributed by atoms with E-state index in [1.54, 1.807) is 18.2 Å². The SMILES string of the molecule is NC(=O)CN(C1CCNC1)S(=O)(=O)c1ccccc1. The highest BCUT2D eigenvalue weighted by Gasteiger charge is 2.34. The number of nitrogens with two attached hydrogens (primary N) is 1. The Morgan fingerprint density at radius 2 is 2.05 bits per heavy atom. The molecule has 104 valence electrons. The molecule has 1 aromatic carbocycles. The Morgan fingerprint density at radius 3 is 2.58 bits per heavy atom. The van der Waals surface area contributed by atoms with Crippen molar-refractivity contribution in [2.45, 2.75) is 17.4 Å². The second-order valence-electron chi connectivity index (χ2n) is 4.48. The molecule has 1 fully saturated rings. The molecule has 0 aromatic heterocycles. The van der Waals surface area contributed by atoms with Crippen LogP contribution in [0, 0.1) is 0 Å². The zero-order valence-corrected chi connectivity index (χ0v) is 11.3. The van der Waals surface area contributed by atoms with Gasteiger partial charge in [-0.05, 0) is 25.1 Å². The van der Waals surface area contributed by atoms with Gasteiger partial charge in [0.15, 0.2) is 0 Å². The van der Waals surface area contributed by atoms with Crippen LogP contribution in [0.3, 0.4) is 0 Å². The first-order valence-corrected chi connectivity index (χ1v) is 7.52. The Bertz CT molecular complexity index is 539. The molecular weight excluding hydrogens is 266 g/mol. The molecule has 1 aromatic rings. The lowest BCUT2D eigenvalue weighted by molar-refractivity contribution is -0.118. The summed E-state index contributed by atoms with van der Waals surface area (Å²) in [5.41, 5.74) is 5.17. The minimum atomic E-state index is -3.69. The van der Waals surface area contributed by atoms with E-state index in [9.17, 15) is 13.2 Å². The number of nitrogens with one attached hydrogen (secondary N) is 1. The summed E-state index contributed by atoms with van der Waals surface area (Å²) in [7, 11) is -3.69. The van der Waals surface area contributed by atoms with Crippen molar-refractivity contribution in [1.29, 1.82) is 0 Å². The maximum absolute atomic E-state index is 12.5. The number of carbonyl (C=O) groups excluding carboxylic acids is 1. The van der Waals surface area contributed by atoms with Crippen LogP contribution in [-0.2, 0) is 14.8 Å². The van der Waals surface area contributed by atoms with E-state index < -0.39 is 15.9 Å². The molecule has 0 radical (unpaired) electrons. The normalized spacial score (nSPS) is 19.7. The van der Waals surface area contributed by atoms with Crippen molar-refractivity contribution in [3.63, 3.8) is 0 Å². The van der Waals surface area contributed by atoms with Crippen LogP contribution >= 0.6 is 0 Å². The Hall–Kier alpha value is -1.44. The topological polar surface area (TPSA) is 92.5 Å². The minimum absolute atomic E-state index is 0.183. The average Bonchev–Trinajstić information content (AvgIpc) is 2.90. The van der Waals surface area contributed by atoms with Gasteiger partial charge in [0, 0.05) is 12.6 Å². The number of amides is 1. The number of primary amides is 1. The maximum Gasteiger partial charge on any atom is 0.243 e. The first kappa shape index (κ1) is 14.0. The Kier molecular flexibility index (Phi) is 4.18.